The minimum absolute atomic E-state index is 0.233. The highest BCUT2D eigenvalue weighted by Gasteiger charge is 2.17. The van der Waals surface area contributed by atoms with Crippen molar-refractivity contribution in [1.29, 1.82) is 0 Å². The van der Waals surface area contributed by atoms with Crippen LogP contribution in [-0.2, 0) is 4.74 Å². The third-order valence-corrected chi connectivity index (χ3v) is 4.03. The van der Waals surface area contributed by atoms with Crippen molar-refractivity contribution in [2.45, 2.75) is 6.92 Å². The van der Waals surface area contributed by atoms with E-state index in [-0.39, 0.29) is 5.95 Å². The highest BCUT2D eigenvalue weighted by molar-refractivity contribution is 5.61. The number of nitrogens with two attached hydrogens (primary N) is 1. The van der Waals surface area contributed by atoms with E-state index in [9.17, 15) is 0 Å². The van der Waals surface area contributed by atoms with Gasteiger partial charge in [-0.1, -0.05) is 0 Å². The number of aromatic nitrogens is 6. The van der Waals surface area contributed by atoms with Crippen molar-refractivity contribution >= 4 is 11.9 Å². The maximum absolute atomic E-state index is 5.59. The second kappa shape index (κ2) is 6.44. The van der Waals surface area contributed by atoms with E-state index in [1.807, 2.05) is 23.8 Å². The van der Waals surface area contributed by atoms with Crippen LogP contribution < -0.4 is 10.6 Å². The summed E-state index contributed by atoms with van der Waals surface area (Å²) in [5.41, 5.74) is 7.11. The maximum atomic E-state index is 5.59. The zero-order valence-electron chi connectivity index (χ0n) is 13.8. The normalized spacial score (nSPS) is 14.7. The molecule has 3 aromatic rings. The molecule has 0 amide bonds. The number of hydrogen-bond donors (Lipinski definition) is 1. The molecule has 25 heavy (non-hydrogen) atoms. The van der Waals surface area contributed by atoms with Crippen LogP contribution in [0.4, 0.5) is 11.9 Å². The molecule has 0 aliphatic carbocycles. The first-order chi connectivity index (χ1) is 12.2. The van der Waals surface area contributed by atoms with Gasteiger partial charge < -0.3 is 15.4 Å². The number of anilines is 2. The molecule has 0 aromatic carbocycles. The van der Waals surface area contributed by atoms with Gasteiger partial charge in [-0.15, -0.1) is 0 Å². The van der Waals surface area contributed by atoms with Gasteiger partial charge in [-0.2, -0.15) is 4.98 Å². The highest BCUT2D eigenvalue weighted by Crippen LogP contribution is 2.23. The predicted octanol–water partition coefficient (Wildman–Crippen LogP) is 0.847. The van der Waals surface area contributed by atoms with Gasteiger partial charge in [0.25, 0.3) is 0 Å². The molecule has 4 heterocycles. The van der Waals surface area contributed by atoms with Gasteiger partial charge in [-0.05, 0) is 6.92 Å². The summed E-state index contributed by atoms with van der Waals surface area (Å²) in [6.07, 6.45) is 6.96. The monoisotopic (exact) mass is 338 g/mol. The smallest absolute Gasteiger partial charge is 0.228 e. The Labute approximate surface area is 144 Å². The van der Waals surface area contributed by atoms with Crippen molar-refractivity contribution < 1.29 is 4.74 Å². The molecule has 1 fully saturated rings. The van der Waals surface area contributed by atoms with Gasteiger partial charge in [0.2, 0.25) is 11.9 Å². The number of morpholine rings is 1. The fourth-order valence-electron chi connectivity index (χ4n) is 2.69. The number of rotatable bonds is 3. The number of nitrogens with zero attached hydrogens (tertiary/aromatic N) is 7. The van der Waals surface area contributed by atoms with Crippen LogP contribution in [0.25, 0.3) is 17.1 Å². The Hall–Kier alpha value is -3.07. The molecule has 9 nitrogen and oxygen atoms in total. The van der Waals surface area contributed by atoms with Crippen LogP contribution in [0.3, 0.4) is 0 Å². The van der Waals surface area contributed by atoms with E-state index in [2.05, 4.69) is 19.9 Å². The van der Waals surface area contributed by atoms with E-state index in [1.165, 1.54) is 0 Å². The Balaban J connectivity index is 1.82. The van der Waals surface area contributed by atoms with E-state index >= 15 is 0 Å². The molecule has 0 spiro atoms. The van der Waals surface area contributed by atoms with Crippen LogP contribution in [0.2, 0.25) is 0 Å². The van der Waals surface area contributed by atoms with Crippen LogP contribution >= 0.6 is 0 Å². The third-order valence-electron chi connectivity index (χ3n) is 4.03. The van der Waals surface area contributed by atoms with E-state index in [0.29, 0.717) is 19.2 Å². The van der Waals surface area contributed by atoms with Crippen molar-refractivity contribution in [1.82, 2.24) is 29.5 Å². The second-order valence-electron chi connectivity index (χ2n) is 5.69. The van der Waals surface area contributed by atoms with Gasteiger partial charge in [0, 0.05) is 49.5 Å². The summed E-state index contributed by atoms with van der Waals surface area (Å²) in [5, 5.41) is 0. The summed E-state index contributed by atoms with van der Waals surface area (Å²) >= 11 is 0. The zero-order valence-corrected chi connectivity index (χ0v) is 13.8. The number of ether oxygens (including phenoxy) is 1. The van der Waals surface area contributed by atoms with Crippen molar-refractivity contribution in [3.05, 3.63) is 36.7 Å². The summed E-state index contributed by atoms with van der Waals surface area (Å²) in [6.45, 7) is 4.77. The number of imidazole rings is 1. The van der Waals surface area contributed by atoms with Crippen LogP contribution in [-0.4, -0.2) is 55.8 Å². The zero-order chi connectivity index (χ0) is 17.2. The van der Waals surface area contributed by atoms with Gasteiger partial charge in [-0.25, -0.2) is 19.9 Å². The fourth-order valence-corrected chi connectivity index (χ4v) is 2.69. The van der Waals surface area contributed by atoms with Crippen molar-refractivity contribution in [3.63, 3.8) is 0 Å². The highest BCUT2D eigenvalue weighted by atomic mass is 16.5. The average Bonchev–Trinajstić information content (AvgIpc) is 3.09. The molecule has 0 atom stereocenters. The van der Waals surface area contributed by atoms with Gasteiger partial charge in [0.1, 0.15) is 11.6 Å². The third kappa shape index (κ3) is 3.13. The van der Waals surface area contributed by atoms with E-state index in [4.69, 9.17) is 20.4 Å². The summed E-state index contributed by atoms with van der Waals surface area (Å²) in [5.74, 6) is 2.49. The first-order valence-electron chi connectivity index (χ1n) is 8.01. The largest absolute Gasteiger partial charge is 0.378 e. The summed E-state index contributed by atoms with van der Waals surface area (Å²) in [7, 11) is 0. The van der Waals surface area contributed by atoms with Crippen LogP contribution in [0.1, 0.15) is 5.82 Å². The molecule has 1 aliphatic rings. The SMILES string of the molecule is Cc1nccn1-c1cc(-c2cnc(N)nc2)nc(N2CCOCC2)n1. The summed E-state index contributed by atoms with van der Waals surface area (Å²) < 4.78 is 7.35. The minimum atomic E-state index is 0.233. The molecule has 4 rings (SSSR count). The molecule has 0 saturated carbocycles. The Morgan fingerprint density at radius 2 is 1.84 bits per heavy atom. The summed E-state index contributed by atoms with van der Waals surface area (Å²) in [6, 6.07) is 1.90. The molecular weight excluding hydrogens is 320 g/mol. The van der Waals surface area contributed by atoms with Gasteiger partial charge in [0.15, 0.2) is 0 Å². The first kappa shape index (κ1) is 15.5. The number of nitrogen functional groups attached to an aromatic ring is 1. The topological polar surface area (TPSA) is 108 Å². The lowest BCUT2D eigenvalue weighted by atomic mass is 10.2. The lowest BCUT2D eigenvalue weighted by Crippen LogP contribution is -2.37. The Bertz CT molecular complexity index is 870. The first-order valence-corrected chi connectivity index (χ1v) is 8.01. The number of aryl methyl sites for hydroxylation is 1. The van der Waals surface area contributed by atoms with Gasteiger partial charge in [-0.3, -0.25) is 4.57 Å². The molecule has 128 valence electrons. The molecule has 2 N–H and O–H groups in total. The van der Waals surface area contributed by atoms with Crippen molar-refractivity contribution in [2.24, 2.45) is 0 Å². The van der Waals surface area contributed by atoms with Crippen molar-refractivity contribution in [2.75, 3.05) is 36.9 Å². The fraction of sp³-hybridized carbons (Fsp3) is 0.312. The summed E-state index contributed by atoms with van der Waals surface area (Å²) in [4.78, 5) is 23.9. The van der Waals surface area contributed by atoms with Crippen LogP contribution in [0, 0.1) is 6.92 Å². The van der Waals surface area contributed by atoms with E-state index in [0.717, 1.165) is 36.0 Å². The Morgan fingerprint density at radius 1 is 1.08 bits per heavy atom. The standard InChI is InChI=1S/C16H18N8O/c1-11-18-2-3-24(11)14-8-13(12-9-19-15(17)20-10-12)21-16(22-14)23-4-6-25-7-5-23/h2-3,8-10H,4-7H2,1H3,(H2,17,19,20). The molecule has 0 unspecified atom stereocenters. The minimum Gasteiger partial charge on any atom is -0.378 e. The van der Waals surface area contributed by atoms with Gasteiger partial charge in [0.05, 0.1) is 18.9 Å². The maximum Gasteiger partial charge on any atom is 0.228 e. The second-order valence-corrected chi connectivity index (χ2v) is 5.69. The lowest BCUT2D eigenvalue weighted by molar-refractivity contribution is 0.122. The van der Waals surface area contributed by atoms with E-state index < -0.39 is 0 Å². The molecule has 0 bridgehead atoms. The van der Waals surface area contributed by atoms with Crippen LogP contribution in [0.5, 0.6) is 0 Å². The van der Waals surface area contributed by atoms with Crippen molar-refractivity contribution in [3.8, 4) is 17.1 Å². The number of hydrogen-bond acceptors (Lipinski definition) is 8. The van der Waals surface area contributed by atoms with E-state index in [1.54, 1.807) is 18.6 Å². The molecule has 1 saturated heterocycles. The Morgan fingerprint density at radius 3 is 2.52 bits per heavy atom. The molecule has 3 aromatic heterocycles. The molecule has 0 radical (unpaired) electrons. The quantitative estimate of drug-likeness (QED) is 0.749. The molecule has 9 heteroatoms. The van der Waals surface area contributed by atoms with Crippen LogP contribution in [0.15, 0.2) is 30.9 Å². The molecule has 1 aliphatic heterocycles. The predicted molar refractivity (Wildman–Crippen MR) is 92.4 cm³/mol. The van der Waals surface area contributed by atoms with Gasteiger partial charge >= 0.3 is 0 Å². The average molecular weight is 338 g/mol. The lowest BCUT2D eigenvalue weighted by Gasteiger charge is -2.27. The molecular formula is C16H18N8O. The Kier molecular flexibility index (Phi) is 3.98.